The molecular formula is C21H25N3O5S. The average molecular weight is 432 g/mol. The Hall–Kier alpha value is -2.75. The van der Waals surface area contributed by atoms with Crippen molar-refractivity contribution in [3.05, 3.63) is 65.7 Å². The van der Waals surface area contributed by atoms with E-state index in [1.165, 1.54) is 7.11 Å². The summed E-state index contributed by atoms with van der Waals surface area (Å²) in [6.45, 7) is 2.17. The molecule has 0 saturated carbocycles. The van der Waals surface area contributed by atoms with Crippen molar-refractivity contribution < 1.29 is 22.8 Å². The van der Waals surface area contributed by atoms with Crippen LogP contribution in [-0.2, 0) is 30.1 Å². The van der Waals surface area contributed by atoms with Gasteiger partial charge in [0.25, 0.3) is 5.91 Å². The quantitative estimate of drug-likeness (QED) is 0.593. The molecule has 0 aliphatic carbocycles. The number of rotatable bonds is 9. The molecule has 2 aromatic carbocycles. The van der Waals surface area contributed by atoms with Crippen molar-refractivity contribution in [3.8, 4) is 0 Å². The molecule has 0 bridgehead atoms. The van der Waals surface area contributed by atoms with E-state index in [0.717, 1.165) is 5.56 Å². The summed E-state index contributed by atoms with van der Waals surface area (Å²) < 4.78 is 31.6. The zero-order valence-electron chi connectivity index (χ0n) is 16.9. The Morgan fingerprint density at radius 3 is 2.70 bits per heavy atom. The largest absolute Gasteiger partial charge is 0.383 e. The van der Waals surface area contributed by atoms with Crippen molar-refractivity contribution in [3.63, 3.8) is 0 Å². The minimum absolute atomic E-state index is 0.199. The maximum Gasteiger partial charge on any atom is 0.271 e. The van der Waals surface area contributed by atoms with Gasteiger partial charge in [0, 0.05) is 25.8 Å². The van der Waals surface area contributed by atoms with E-state index in [2.05, 4.69) is 15.2 Å². The summed E-state index contributed by atoms with van der Waals surface area (Å²) >= 11 is 0. The van der Waals surface area contributed by atoms with Crippen LogP contribution < -0.4 is 10.0 Å². The number of carbonyl (C=O) groups is 1. The van der Waals surface area contributed by atoms with Crippen LogP contribution in [0.2, 0.25) is 0 Å². The first kappa shape index (κ1) is 21.9. The average Bonchev–Trinajstić information content (AvgIpc) is 3.12. The minimum Gasteiger partial charge on any atom is -0.383 e. The van der Waals surface area contributed by atoms with Gasteiger partial charge in [-0.25, -0.2) is 13.1 Å². The summed E-state index contributed by atoms with van der Waals surface area (Å²) in [5.74, 6) is -0.550. The number of amides is 1. The van der Waals surface area contributed by atoms with Gasteiger partial charge in [-0.2, -0.15) is 0 Å². The Kier molecular flexibility index (Phi) is 6.86. The molecule has 1 heterocycles. The summed E-state index contributed by atoms with van der Waals surface area (Å²) in [5.41, 5.74) is 1.51. The van der Waals surface area contributed by atoms with Gasteiger partial charge >= 0.3 is 0 Å². The molecule has 1 amide bonds. The lowest BCUT2D eigenvalue weighted by atomic mass is 9.95. The topological polar surface area (TPSA) is 106 Å². The maximum absolute atomic E-state index is 12.8. The lowest BCUT2D eigenvalue weighted by Crippen LogP contribution is -2.40. The number of nitrogens with one attached hydrogen (secondary N) is 2. The number of methoxy groups -OCH3 is 1. The fraction of sp³-hybridized carbons (Fsp3) is 0.333. The van der Waals surface area contributed by atoms with Crippen LogP contribution >= 0.6 is 0 Å². The van der Waals surface area contributed by atoms with Crippen LogP contribution in [0.4, 0.5) is 5.69 Å². The van der Waals surface area contributed by atoms with Gasteiger partial charge in [-0.1, -0.05) is 47.6 Å². The highest BCUT2D eigenvalue weighted by atomic mass is 32.2. The fourth-order valence-corrected chi connectivity index (χ4v) is 4.13. The molecule has 0 radical (unpaired) electrons. The summed E-state index contributed by atoms with van der Waals surface area (Å²) in [6.07, 6.45) is 0.334. The highest BCUT2D eigenvalue weighted by Gasteiger charge is 2.42. The standard InChI is InChI=1S/C21H25N3O5S/c1-21(14-19(24-29-21)17-8-4-3-5-9-17)20(25)23-18-10-6-7-16(13-18)15-30(26,27)22-11-12-28-2/h3-10,13,22H,11-12,14-15H2,1-2H3,(H,23,25)/t21-/m0/s1. The Bertz CT molecular complexity index is 1020. The second kappa shape index (κ2) is 9.38. The molecule has 1 aliphatic heterocycles. The summed E-state index contributed by atoms with van der Waals surface area (Å²) in [6, 6.07) is 16.2. The second-order valence-electron chi connectivity index (χ2n) is 7.20. The summed E-state index contributed by atoms with van der Waals surface area (Å²) in [5, 5.41) is 6.88. The van der Waals surface area contributed by atoms with Gasteiger partial charge in [-0.15, -0.1) is 0 Å². The monoisotopic (exact) mass is 431 g/mol. The number of nitrogens with zero attached hydrogens (tertiary/aromatic N) is 1. The van der Waals surface area contributed by atoms with E-state index in [1.807, 2.05) is 30.3 Å². The molecule has 1 atom stereocenters. The van der Waals surface area contributed by atoms with Gasteiger partial charge < -0.3 is 14.9 Å². The number of hydrogen-bond acceptors (Lipinski definition) is 6. The van der Waals surface area contributed by atoms with Gasteiger partial charge in [-0.05, 0) is 30.2 Å². The number of benzene rings is 2. The Balaban J connectivity index is 1.63. The third-order valence-corrected chi connectivity index (χ3v) is 5.98. The second-order valence-corrected chi connectivity index (χ2v) is 9.01. The first-order valence-corrected chi connectivity index (χ1v) is 11.1. The molecule has 0 spiro atoms. The van der Waals surface area contributed by atoms with Crippen molar-refractivity contribution in [1.29, 1.82) is 0 Å². The molecule has 2 aromatic rings. The van der Waals surface area contributed by atoms with Gasteiger partial charge in [-0.3, -0.25) is 4.79 Å². The molecule has 1 aliphatic rings. The number of hydrogen-bond donors (Lipinski definition) is 2. The third-order valence-electron chi connectivity index (χ3n) is 4.62. The van der Waals surface area contributed by atoms with Crippen LogP contribution in [0.15, 0.2) is 59.8 Å². The summed E-state index contributed by atoms with van der Waals surface area (Å²) in [7, 11) is -2.00. The van der Waals surface area contributed by atoms with Crippen molar-refractivity contribution in [2.45, 2.75) is 24.7 Å². The number of sulfonamides is 1. The van der Waals surface area contributed by atoms with Crippen LogP contribution in [0.5, 0.6) is 0 Å². The lowest BCUT2D eigenvalue weighted by Gasteiger charge is -2.20. The van der Waals surface area contributed by atoms with Crippen LogP contribution in [0, 0.1) is 0 Å². The fourth-order valence-electron chi connectivity index (χ4n) is 3.02. The molecule has 9 heteroatoms. The van der Waals surface area contributed by atoms with E-state index in [1.54, 1.807) is 31.2 Å². The molecule has 160 valence electrons. The number of oxime groups is 1. The highest BCUT2D eigenvalue weighted by molar-refractivity contribution is 7.88. The maximum atomic E-state index is 12.8. The molecule has 3 rings (SSSR count). The first-order chi connectivity index (χ1) is 14.3. The highest BCUT2D eigenvalue weighted by Crippen LogP contribution is 2.28. The molecule has 0 saturated heterocycles. The van der Waals surface area contributed by atoms with Crippen LogP contribution in [0.25, 0.3) is 0 Å². The number of anilines is 1. The number of carbonyl (C=O) groups excluding carboxylic acids is 1. The van der Waals surface area contributed by atoms with E-state index < -0.39 is 15.6 Å². The van der Waals surface area contributed by atoms with Crippen LogP contribution in [-0.4, -0.2) is 45.9 Å². The molecule has 8 nitrogen and oxygen atoms in total. The molecular weight excluding hydrogens is 406 g/mol. The third kappa shape index (κ3) is 5.65. The Morgan fingerprint density at radius 2 is 1.97 bits per heavy atom. The normalized spacial score (nSPS) is 18.5. The predicted octanol–water partition coefficient (Wildman–Crippen LogP) is 2.27. The molecule has 0 unspecified atom stereocenters. The smallest absolute Gasteiger partial charge is 0.271 e. The Morgan fingerprint density at radius 1 is 1.20 bits per heavy atom. The number of ether oxygens (including phenoxy) is 1. The van der Waals surface area contributed by atoms with E-state index in [4.69, 9.17) is 9.57 Å². The van der Waals surface area contributed by atoms with Gasteiger partial charge in [0.2, 0.25) is 15.6 Å². The van der Waals surface area contributed by atoms with E-state index in [9.17, 15) is 13.2 Å². The van der Waals surface area contributed by atoms with Crippen molar-refractivity contribution in [2.24, 2.45) is 5.16 Å². The summed E-state index contributed by atoms with van der Waals surface area (Å²) in [4.78, 5) is 18.3. The van der Waals surface area contributed by atoms with Gasteiger partial charge in [0.15, 0.2) is 0 Å². The molecule has 0 aromatic heterocycles. The van der Waals surface area contributed by atoms with Gasteiger partial charge in [0.1, 0.15) is 0 Å². The van der Waals surface area contributed by atoms with E-state index >= 15 is 0 Å². The zero-order chi connectivity index (χ0) is 21.6. The van der Waals surface area contributed by atoms with E-state index in [-0.39, 0.29) is 18.2 Å². The molecule has 0 fully saturated rings. The van der Waals surface area contributed by atoms with Gasteiger partial charge in [0.05, 0.1) is 18.1 Å². The molecule has 30 heavy (non-hydrogen) atoms. The van der Waals surface area contributed by atoms with Crippen molar-refractivity contribution >= 4 is 27.3 Å². The minimum atomic E-state index is -3.50. The predicted molar refractivity (Wildman–Crippen MR) is 115 cm³/mol. The molecule has 2 N–H and O–H groups in total. The van der Waals surface area contributed by atoms with Crippen molar-refractivity contribution in [1.82, 2.24) is 4.72 Å². The van der Waals surface area contributed by atoms with Crippen molar-refractivity contribution in [2.75, 3.05) is 25.6 Å². The van der Waals surface area contributed by atoms with E-state index in [0.29, 0.717) is 30.0 Å². The van der Waals surface area contributed by atoms with Crippen LogP contribution in [0.3, 0.4) is 0 Å². The SMILES string of the molecule is COCCNS(=O)(=O)Cc1cccc(NC(=O)[C@]2(C)CC(c3ccccc3)=NO2)c1. The zero-order valence-corrected chi connectivity index (χ0v) is 17.7. The Labute approximate surface area is 176 Å². The lowest BCUT2D eigenvalue weighted by molar-refractivity contribution is -0.135. The van der Waals surface area contributed by atoms with Crippen LogP contribution in [0.1, 0.15) is 24.5 Å². The first-order valence-electron chi connectivity index (χ1n) is 9.48.